The topological polar surface area (TPSA) is 64.9 Å². The first kappa shape index (κ1) is 18.9. The standard InChI is InChI=1S/C21H25N3O3/c1-3-26-12-4-11-22-21(25)17-6-8-19(9-7-17)27-15-18-14-24-13-16(2)5-10-20(24)23-18/h5-10,13-14H,3-4,11-12,15H2,1-2H3,(H,22,25). The van der Waals surface area contributed by atoms with Crippen LogP contribution in [-0.2, 0) is 11.3 Å². The van der Waals surface area contributed by atoms with Crippen LogP contribution in [0.3, 0.4) is 0 Å². The first-order valence-electron chi connectivity index (χ1n) is 9.19. The summed E-state index contributed by atoms with van der Waals surface area (Å²) < 4.78 is 13.0. The number of hydrogen-bond donors (Lipinski definition) is 1. The number of carbonyl (C=O) groups is 1. The van der Waals surface area contributed by atoms with Crippen LogP contribution >= 0.6 is 0 Å². The van der Waals surface area contributed by atoms with Crippen molar-refractivity contribution in [1.82, 2.24) is 14.7 Å². The summed E-state index contributed by atoms with van der Waals surface area (Å²) in [5.41, 5.74) is 3.55. The fourth-order valence-electron chi connectivity index (χ4n) is 2.71. The fourth-order valence-corrected chi connectivity index (χ4v) is 2.71. The maximum absolute atomic E-state index is 12.1. The second-order valence-electron chi connectivity index (χ2n) is 6.32. The second kappa shape index (κ2) is 9.19. The molecule has 142 valence electrons. The van der Waals surface area contributed by atoms with Gasteiger partial charge in [-0.25, -0.2) is 4.98 Å². The van der Waals surface area contributed by atoms with Gasteiger partial charge < -0.3 is 19.2 Å². The smallest absolute Gasteiger partial charge is 0.251 e. The van der Waals surface area contributed by atoms with E-state index in [-0.39, 0.29) is 5.91 Å². The number of benzene rings is 1. The van der Waals surface area contributed by atoms with Crippen molar-refractivity contribution < 1.29 is 14.3 Å². The van der Waals surface area contributed by atoms with E-state index in [1.807, 2.05) is 42.8 Å². The quantitative estimate of drug-likeness (QED) is 0.589. The van der Waals surface area contributed by atoms with Crippen molar-refractivity contribution >= 4 is 11.6 Å². The molecule has 6 nitrogen and oxygen atoms in total. The van der Waals surface area contributed by atoms with Gasteiger partial charge in [-0.2, -0.15) is 0 Å². The third kappa shape index (κ3) is 5.31. The summed E-state index contributed by atoms with van der Waals surface area (Å²) in [5.74, 6) is 0.616. The molecule has 3 aromatic rings. The average molecular weight is 367 g/mol. The number of carbonyl (C=O) groups excluding carboxylic acids is 1. The minimum Gasteiger partial charge on any atom is -0.487 e. The summed E-state index contributed by atoms with van der Waals surface area (Å²) in [5, 5.41) is 2.88. The molecule has 2 aromatic heterocycles. The number of nitrogens with zero attached hydrogens (tertiary/aromatic N) is 2. The lowest BCUT2D eigenvalue weighted by Crippen LogP contribution is -2.25. The lowest BCUT2D eigenvalue weighted by Gasteiger charge is -2.07. The largest absolute Gasteiger partial charge is 0.487 e. The Hall–Kier alpha value is -2.86. The number of amides is 1. The zero-order valence-corrected chi connectivity index (χ0v) is 15.8. The van der Waals surface area contributed by atoms with Crippen LogP contribution in [0.2, 0.25) is 0 Å². The molecule has 27 heavy (non-hydrogen) atoms. The summed E-state index contributed by atoms with van der Waals surface area (Å²) in [6.07, 6.45) is 4.80. The number of nitrogens with one attached hydrogen (secondary N) is 1. The maximum atomic E-state index is 12.1. The van der Waals surface area contributed by atoms with Crippen molar-refractivity contribution in [3.8, 4) is 5.75 Å². The molecule has 6 heteroatoms. The lowest BCUT2D eigenvalue weighted by atomic mass is 10.2. The Morgan fingerprint density at radius 3 is 2.74 bits per heavy atom. The van der Waals surface area contributed by atoms with Crippen molar-refractivity contribution in [2.75, 3.05) is 19.8 Å². The zero-order valence-electron chi connectivity index (χ0n) is 15.8. The van der Waals surface area contributed by atoms with Gasteiger partial charge in [0.1, 0.15) is 18.0 Å². The normalized spacial score (nSPS) is 10.9. The molecule has 0 saturated carbocycles. The van der Waals surface area contributed by atoms with E-state index in [1.165, 1.54) is 5.56 Å². The first-order valence-corrected chi connectivity index (χ1v) is 9.19. The molecule has 0 unspecified atom stereocenters. The van der Waals surface area contributed by atoms with Gasteiger partial charge >= 0.3 is 0 Å². The molecule has 0 atom stereocenters. The van der Waals surface area contributed by atoms with Crippen LogP contribution < -0.4 is 10.1 Å². The molecule has 0 aliphatic carbocycles. The van der Waals surface area contributed by atoms with E-state index in [4.69, 9.17) is 9.47 Å². The van der Waals surface area contributed by atoms with Crippen molar-refractivity contribution in [3.05, 3.63) is 65.6 Å². The van der Waals surface area contributed by atoms with Crippen LogP contribution in [0.1, 0.15) is 35.0 Å². The minimum absolute atomic E-state index is 0.0891. The van der Waals surface area contributed by atoms with Gasteiger partial charge in [-0.1, -0.05) is 6.07 Å². The van der Waals surface area contributed by atoms with E-state index in [0.29, 0.717) is 37.7 Å². The molecule has 1 aromatic carbocycles. The van der Waals surface area contributed by atoms with Gasteiger partial charge in [0.05, 0.1) is 5.69 Å². The predicted molar refractivity (Wildman–Crippen MR) is 104 cm³/mol. The second-order valence-corrected chi connectivity index (χ2v) is 6.32. The molecule has 0 aliphatic rings. The molecule has 0 bridgehead atoms. The van der Waals surface area contributed by atoms with Gasteiger partial charge in [0.25, 0.3) is 5.91 Å². The summed E-state index contributed by atoms with van der Waals surface area (Å²) in [6.45, 7) is 6.34. The maximum Gasteiger partial charge on any atom is 0.251 e. The first-order chi connectivity index (χ1) is 13.2. The Morgan fingerprint density at radius 2 is 1.96 bits per heavy atom. The third-order valence-corrected chi connectivity index (χ3v) is 4.11. The van der Waals surface area contributed by atoms with E-state index < -0.39 is 0 Å². The molecule has 0 spiro atoms. The predicted octanol–water partition coefficient (Wildman–Crippen LogP) is 3.38. The van der Waals surface area contributed by atoms with Crippen LogP contribution in [0.5, 0.6) is 5.75 Å². The highest BCUT2D eigenvalue weighted by atomic mass is 16.5. The Kier molecular flexibility index (Phi) is 6.44. The summed E-state index contributed by atoms with van der Waals surface area (Å²) >= 11 is 0. The van der Waals surface area contributed by atoms with Gasteiger partial charge in [-0.05, 0) is 56.2 Å². The van der Waals surface area contributed by atoms with Crippen molar-refractivity contribution in [2.24, 2.45) is 0 Å². The Bertz CT molecular complexity index is 887. The SMILES string of the molecule is CCOCCCNC(=O)c1ccc(OCc2cn3cc(C)ccc3n2)cc1. The molecule has 1 amide bonds. The summed E-state index contributed by atoms with van der Waals surface area (Å²) in [6, 6.07) is 11.2. The van der Waals surface area contributed by atoms with Crippen LogP contribution in [0.25, 0.3) is 5.65 Å². The van der Waals surface area contributed by atoms with Crippen LogP contribution in [0.15, 0.2) is 48.8 Å². The van der Waals surface area contributed by atoms with Crippen LogP contribution in [-0.4, -0.2) is 35.1 Å². The molecule has 0 fully saturated rings. The van der Waals surface area contributed by atoms with Crippen molar-refractivity contribution in [2.45, 2.75) is 26.9 Å². The molecular formula is C21H25N3O3. The van der Waals surface area contributed by atoms with Crippen LogP contribution in [0, 0.1) is 6.92 Å². The highest BCUT2D eigenvalue weighted by Gasteiger charge is 2.06. The van der Waals surface area contributed by atoms with E-state index in [2.05, 4.69) is 10.3 Å². The minimum atomic E-state index is -0.0891. The molecule has 0 radical (unpaired) electrons. The van der Waals surface area contributed by atoms with Gasteiger partial charge in [-0.15, -0.1) is 0 Å². The van der Waals surface area contributed by atoms with E-state index in [0.717, 1.165) is 17.8 Å². The fraction of sp³-hybridized carbons (Fsp3) is 0.333. The van der Waals surface area contributed by atoms with Gasteiger partial charge in [0.15, 0.2) is 0 Å². The Labute approximate surface area is 159 Å². The monoisotopic (exact) mass is 367 g/mol. The van der Waals surface area contributed by atoms with Crippen LogP contribution in [0.4, 0.5) is 0 Å². The van der Waals surface area contributed by atoms with E-state index >= 15 is 0 Å². The number of aromatic nitrogens is 2. The summed E-state index contributed by atoms with van der Waals surface area (Å²) in [7, 11) is 0. The Morgan fingerprint density at radius 1 is 1.15 bits per heavy atom. The van der Waals surface area contributed by atoms with Crippen molar-refractivity contribution in [1.29, 1.82) is 0 Å². The summed E-state index contributed by atoms with van der Waals surface area (Å²) in [4.78, 5) is 16.6. The molecule has 2 heterocycles. The number of rotatable bonds is 9. The number of pyridine rings is 1. The number of aryl methyl sites for hydroxylation is 1. The number of hydrogen-bond acceptors (Lipinski definition) is 4. The van der Waals surface area contributed by atoms with Gasteiger partial charge in [0, 0.05) is 37.7 Å². The molecular weight excluding hydrogens is 342 g/mol. The van der Waals surface area contributed by atoms with E-state index in [9.17, 15) is 4.79 Å². The Balaban J connectivity index is 1.50. The number of imidazole rings is 1. The zero-order chi connectivity index (χ0) is 19.1. The molecule has 0 aliphatic heterocycles. The number of ether oxygens (including phenoxy) is 2. The molecule has 3 rings (SSSR count). The van der Waals surface area contributed by atoms with E-state index in [1.54, 1.807) is 24.3 Å². The van der Waals surface area contributed by atoms with Gasteiger partial charge in [-0.3, -0.25) is 4.79 Å². The third-order valence-electron chi connectivity index (χ3n) is 4.11. The highest BCUT2D eigenvalue weighted by molar-refractivity contribution is 5.94. The van der Waals surface area contributed by atoms with Gasteiger partial charge in [0.2, 0.25) is 0 Å². The molecule has 1 N–H and O–H groups in total. The lowest BCUT2D eigenvalue weighted by molar-refractivity contribution is 0.0944. The van der Waals surface area contributed by atoms with Crippen molar-refractivity contribution in [3.63, 3.8) is 0 Å². The number of fused-ring (bicyclic) bond motifs is 1. The molecule has 0 saturated heterocycles. The average Bonchev–Trinajstić information content (AvgIpc) is 3.08. The highest BCUT2D eigenvalue weighted by Crippen LogP contribution is 2.15.